The Bertz CT molecular complexity index is 1330. The predicted molar refractivity (Wildman–Crippen MR) is 142 cm³/mol. The molecule has 5 rings (SSSR count). The smallest absolute Gasteiger partial charge is 0.412 e. The quantitative estimate of drug-likeness (QED) is 0.402. The fraction of sp³-hybridized carbons (Fsp3) is 0.407. The van der Waals surface area contributed by atoms with E-state index < -0.39 is 41.5 Å². The zero-order chi connectivity index (χ0) is 28.4. The summed E-state index contributed by atoms with van der Waals surface area (Å²) in [5.74, 6) is -1.66. The summed E-state index contributed by atoms with van der Waals surface area (Å²) < 4.78 is 26.7. The van der Waals surface area contributed by atoms with E-state index in [2.05, 4.69) is 16.0 Å². The van der Waals surface area contributed by atoms with Gasteiger partial charge in [-0.2, -0.15) is 0 Å². The molecule has 3 aliphatic heterocycles. The number of anilines is 2. The van der Waals surface area contributed by atoms with E-state index in [0.717, 1.165) is 12.8 Å². The molecule has 0 aliphatic carbocycles. The number of likely N-dealkylation sites (tertiary alicyclic amines) is 1. The normalized spacial score (nSPS) is 22.6. The highest BCUT2D eigenvalue weighted by molar-refractivity contribution is 6.31. The Morgan fingerprint density at radius 3 is 2.67 bits per heavy atom. The molecular formula is C27H28ClFN4O7. The molecule has 40 heavy (non-hydrogen) atoms. The van der Waals surface area contributed by atoms with E-state index in [-0.39, 0.29) is 47.3 Å². The Hall–Kier alpha value is -3.90. The van der Waals surface area contributed by atoms with Gasteiger partial charge in [0, 0.05) is 30.8 Å². The van der Waals surface area contributed by atoms with Crippen molar-refractivity contribution < 1.29 is 38.1 Å². The molecular weight excluding hydrogens is 547 g/mol. The molecule has 2 aromatic carbocycles. The highest BCUT2D eigenvalue weighted by atomic mass is 35.5. The van der Waals surface area contributed by atoms with Gasteiger partial charge in [-0.1, -0.05) is 11.6 Å². The van der Waals surface area contributed by atoms with Gasteiger partial charge in [-0.3, -0.25) is 20.2 Å². The zero-order valence-electron chi connectivity index (χ0n) is 21.4. The molecule has 11 nitrogen and oxygen atoms in total. The summed E-state index contributed by atoms with van der Waals surface area (Å²) in [6.45, 7) is 0.762. The van der Waals surface area contributed by atoms with Crippen LogP contribution < -0.4 is 16.0 Å². The summed E-state index contributed by atoms with van der Waals surface area (Å²) in [5, 5.41) is 16.2. The predicted octanol–water partition coefficient (Wildman–Crippen LogP) is 4.32. The van der Waals surface area contributed by atoms with Gasteiger partial charge >= 0.3 is 12.2 Å². The molecule has 2 aromatic rings. The number of ether oxygens (including phenoxy) is 2. The second kappa shape index (κ2) is 11.3. The third kappa shape index (κ3) is 5.68. The van der Waals surface area contributed by atoms with E-state index >= 15 is 4.39 Å². The summed E-state index contributed by atoms with van der Waals surface area (Å²) in [6, 6.07) is 7.65. The topological polar surface area (TPSA) is 146 Å². The van der Waals surface area contributed by atoms with Gasteiger partial charge in [0.05, 0.1) is 28.9 Å². The van der Waals surface area contributed by atoms with Gasteiger partial charge < -0.3 is 24.8 Å². The Morgan fingerprint density at radius 2 is 1.98 bits per heavy atom. The molecule has 212 valence electrons. The van der Waals surface area contributed by atoms with Gasteiger partial charge in [-0.05, 0) is 62.1 Å². The van der Waals surface area contributed by atoms with Gasteiger partial charge in [-0.15, -0.1) is 0 Å². The van der Waals surface area contributed by atoms with E-state index in [1.54, 1.807) is 0 Å². The number of amides is 4. The maximum Gasteiger partial charge on any atom is 0.412 e. The zero-order valence-corrected chi connectivity index (χ0v) is 22.1. The summed E-state index contributed by atoms with van der Waals surface area (Å²) in [7, 11) is 0. The lowest BCUT2D eigenvalue weighted by molar-refractivity contribution is -0.142. The van der Waals surface area contributed by atoms with E-state index in [4.69, 9.17) is 26.2 Å². The van der Waals surface area contributed by atoms with Crippen molar-refractivity contribution in [1.29, 1.82) is 0 Å². The SMILES string of the molecule is O=C(O)Nc1ccc(C(=O)NC(C[C@@H]2CCCO2)C(=O)N2CCCC3(C2)OC(=O)Nc2ccc(Cl)c(F)c23)cc1. The molecule has 2 saturated heterocycles. The standard InChI is InChI=1S/C27H28ClFN4O7/c28-18-8-9-19-21(22(18)29)27(40-26(38)32-19)10-2-11-33(14-27)24(35)20(13-17-3-1-12-39-17)31-23(34)15-4-6-16(7-5-15)30-25(36)37/h4-9,17,20,30H,1-3,10-14H2,(H,31,34)(H,32,38)(H,36,37)/t17-,20?,27?/m0/s1. The fourth-order valence-electron chi connectivity index (χ4n) is 5.57. The van der Waals surface area contributed by atoms with Crippen LogP contribution in [-0.4, -0.2) is 65.8 Å². The fourth-order valence-corrected chi connectivity index (χ4v) is 5.72. The molecule has 3 atom stereocenters. The summed E-state index contributed by atoms with van der Waals surface area (Å²) in [6.07, 6.45) is 0.284. The van der Waals surface area contributed by atoms with Crippen LogP contribution in [0.15, 0.2) is 36.4 Å². The van der Waals surface area contributed by atoms with E-state index in [9.17, 15) is 19.2 Å². The average molecular weight is 575 g/mol. The second-order valence-corrected chi connectivity index (χ2v) is 10.5. The monoisotopic (exact) mass is 574 g/mol. The number of nitrogens with one attached hydrogen (secondary N) is 3. The molecule has 3 aliphatic rings. The van der Waals surface area contributed by atoms with Crippen LogP contribution in [0.4, 0.5) is 25.4 Å². The molecule has 13 heteroatoms. The van der Waals surface area contributed by atoms with Gasteiger partial charge in [0.1, 0.15) is 6.04 Å². The van der Waals surface area contributed by atoms with Crippen LogP contribution in [0.3, 0.4) is 0 Å². The Balaban J connectivity index is 1.38. The van der Waals surface area contributed by atoms with Crippen LogP contribution >= 0.6 is 11.6 Å². The molecule has 0 bridgehead atoms. The average Bonchev–Trinajstić information content (AvgIpc) is 3.43. The van der Waals surface area contributed by atoms with E-state index in [1.807, 2.05) is 0 Å². The maximum absolute atomic E-state index is 15.3. The van der Waals surface area contributed by atoms with Crippen molar-refractivity contribution in [3.05, 3.63) is 58.4 Å². The number of rotatable bonds is 6. The van der Waals surface area contributed by atoms with Crippen molar-refractivity contribution in [3.63, 3.8) is 0 Å². The van der Waals surface area contributed by atoms with Gasteiger partial charge in [-0.25, -0.2) is 14.0 Å². The maximum atomic E-state index is 15.3. The first kappa shape index (κ1) is 27.7. The molecule has 1 spiro atoms. The number of carboxylic acid groups (broad SMARTS) is 1. The lowest BCUT2D eigenvalue weighted by atomic mass is 9.82. The number of fused-ring (bicyclic) bond motifs is 2. The van der Waals surface area contributed by atoms with Crippen molar-refractivity contribution in [1.82, 2.24) is 10.2 Å². The van der Waals surface area contributed by atoms with Crippen molar-refractivity contribution in [2.75, 3.05) is 30.3 Å². The first-order valence-electron chi connectivity index (χ1n) is 12.9. The van der Waals surface area contributed by atoms with Crippen LogP contribution in [0.25, 0.3) is 0 Å². The summed E-state index contributed by atoms with van der Waals surface area (Å²) >= 11 is 6.06. The minimum absolute atomic E-state index is 0.0897. The molecule has 2 unspecified atom stereocenters. The highest BCUT2D eigenvalue weighted by Gasteiger charge is 2.49. The number of hydrogen-bond acceptors (Lipinski definition) is 6. The lowest BCUT2D eigenvalue weighted by Gasteiger charge is -2.45. The number of benzene rings is 2. The first-order valence-corrected chi connectivity index (χ1v) is 13.3. The summed E-state index contributed by atoms with van der Waals surface area (Å²) in [5.41, 5.74) is -0.594. The molecule has 3 heterocycles. The molecule has 4 amide bonds. The Morgan fingerprint density at radius 1 is 1.20 bits per heavy atom. The van der Waals surface area contributed by atoms with Crippen LogP contribution in [0.5, 0.6) is 0 Å². The van der Waals surface area contributed by atoms with Gasteiger partial charge in [0.2, 0.25) is 5.91 Å². The van der Waals surface area contributed by atoms with Gasteiger partial charge in [0.25, 0.3) is 5.91 Å². The van der Waals surface area contributed by atoms with Crippen LogP contribution in [-0.2, 0) is 19.9 Å². The molecule has 0 saturated carbocycles. The number of piperidine rings is 1. The lowest BCUT2D eigenvalue weighted by Crippen LogP contribution is -2.57. The Labute approximate surface area is 233 Å². The minimum atomic E-state index is -1.44. The number of nitrogens with zero attached hydrogens (tertiary/aromatic N) is 1. The minimum Gasteiger partial charge on any atom is -0.465 e. The third-order valence-electron chi connectivity index (χ3n) is 7.37. The van der Waals surface area contributed by atoms with Crippen LogP contribution in [0.1, 0.15) is 48.0 Å². The largest absolute Gasteiger partial charge is 0.465 e. The molecule has 4 N–H and O–H groups in total. The second-order valence-electron chi connectivity index (χ2n) is 10.1. The molecule has 0 aromatic heterocycles. The van der Waals surface area contributed by atoms with Crippen molar-refractivity contribution in [2.45, 2.75) is 49.9 Å². The van der Waals surface area contributed by atoms with Crippen LogP contribution in [0, 0.1) is 5.82 Å². The van der Waals surface area contributed by atoms with Crippen molar-refractivity contribution >= 4 is 47.0 Å². The summed E-state index contributed by atoms with van der Waals surface area (Å²) in [4.78, 5) is 51.8. The van der Waals surface area contributed by atoms with Crippen molar-refractivity contribution in [3.8, 4) is 0 Å². The van der Waals surface area contributed by atoms with Crippen LogP contribution in [0.2, 0.25) is 5.02 Å². The highest BCUT2D eigenvalue weighted by Crippen LogP contribution is 2.45. The first-order chi connectivity index (χ1) is 19.1. The number of hydrogen-bond donors (Lipinski definition) is 4. The molecule has 0 radical (unpaired) electrons. The third-order valence-corrected chi connectivity index (χ3v) is 7.66. The van der Waals surface area contributed by atoms with Gasteiger partial charge in [0.15, 0.2) is 11.4 Å². The van der Waals surface area contributed by atoms with E-state index in [1.165, 1.54) is 41.3 Å². The number of carbonyl (C=O) groups excluding carboxylic acids is 3. The van der Waals surface area contributed by atoms with Crippen molar-refractivity contribution in [2.24, 2.45) is 0 Å². The molecule has 2 fully saturated rings. The Kier molecular flexibility index (Phi) is 7.81. The number of halogens is 2. The van der Waals surface area contributed by atoms with E-state index in [0.29, 0.717) is 25.3 Å². The number of carbonyl (C=O) groups is 4.